The second-order valence-electron chi connectivity index (χ2n) is 6.49. The number of piperidine rings is 1. The van der Waals surface area contributed by atoms with Gasteiger partial charge >= 0.3 is 0 Å². The lowest BCUT2D eigenvalue weighted by atomic mass is 10.0. The maximum atomic E-state index is 12.1. The molecule has 0 saturated carbocycles. The highest BCUT2D eigenvalue weighted by Gasteiger charge is 2.20. The average molecular weight is 375 g/mol. The van der Waals surface area contributed by atoms with Crippen molar-refractivity contribution in [1.29, 1.82) is 0 Å². The van der Waals surface area contributed by atoms with Crippen LogP contribution in [0.15, 0.2) is 41.8 Å². The highest BCUT2D eigenvalue weighted by Crippen LogP contribution is 2.18. The maximum Gasteiger partial charge on any atom is 0.244 e. The fourth-order valence-corrected chi connectivity index (χ4v) is 3.98. The van der Waals surface area contributed by atoms with Crippen LogP contribution in [0.5, 0.6) is 0 Å². The van der Waals surface area contributed by atoms with Crippen molar-refractivity contribution in [2.45, 2.75) is 32.4 Å². The highest BCUT2D eigenvalue weighted by atomic mass is 35.5. The van der Waals surface area contributed by atoms with Crippen LogP contribution in [0.4, 0.5) is 0 Å². The van der Waals surface area contributed by atoms with Crippen LogP contribution in [-0.2, 0) is 11.3 Å². The lowest BCUT2D eigenvalue weighted by Gasteiger charge is -2.32. The summed E-state index contributed by atoms with van der Waals surface area (Å²) in [5, 5.41) is 5.95. The van der Waals surface area contributed by atoms with Gasteiger partial charge in [-0.15, -0.1) is 11.3 Å². The van der Waals surface area contributed by atoms with Gasteiger partial charge in [-0.05, 0) is 60.5 Å². The summed E-state index contributed by atoms with van der Waals surface area (Å²) in [6.45, 7) is 5.00. The Kier molecular flexibility index (Phi) is 6.29. The number of likely N-dealkylation sites (tertiary alicyclic amines) is 1. The summed E-state index contributed by atoms with van der Waals surface area (Å²) in [6.07, 6.45) is 5.54. The van der Waals surface area contributed by atoms with Gasteiger partial charge in [0.2, 0.25) is 5.91 Å². The first-order chi connectivity index (χ1) is 12.1. The molecule has 1 aromatic carbocycles. The van der Waals surface area contributed by atoms with Crippen LogP contribution >= 0.6 is 22.9 Å². The number of thiophene rings is 1. The molecule has 1 aliphatic rings. The van der Waals surface area contributed by atoms with E-state index in [9.17, 15) is 4.79 Å². The van der Waals surface area contributed by atoms with E-state index in [-0.39, 0.29) is 11.9 Å². The monoisotopic (exact) mass is 374 g/mol. The van der Waals surface area contributed by atoms with Gasteiger partial charge in [0.05, 0.1) is 0 Å². The number of hydrogen-bond donors (Lipinski definition) is 1. The zero-order valence-electron chi connectivity index (χ0n) is 14.4. The second-order valence-corrected chi connectivity index (χ2v) is 7.87. The first-order valence-electron chi connectivity index (χ1n) is 8.59. The molecule has 1 fully saturated rings. The van der Waals surface area contributed by atoms with Crippen molar-refractivity contribution >= 4 is 34.9 Å². The van der Waals surface area contributed by atoms with Crippen molar-refractivity contribution in [3.8, 4) is 0 Å². The minimum atomic E-state index is 0.00366. The number of aryl methyl sites for hydroxylation is 1. The van der Waals surface area contributed by atoms with Gasteiger partial charge in [0.15, 0.2) is 0 Å². The molecule has 0 bridgehead atoms. The van der Waals surface area contributed by atoms with Gasteiger partial charge in [0.25, 0.3) is 0 Å². The zero-order valence-corrected chi connectivity index (χ0v) is 15.9. The lowest BCUT2D eigenvalue weighted by molar-refractivity contribution is -0.117. The van der Waals surface area contributed by atoms with Crippen molar-refractivity contribution in [2.75, 3.05) is 13.1 Å². The number of amides is 1. The molecule has 1 aliphatic heterocycles. The molecule has 0 spiro atoms. The first-order valence-corrected chi connectivity index (χ1v) is 9.85. The predicted octanol–water partition coefficient (Wildman–Crippen LogP) is 4.50. The number of hydrogen-bond acceptors (Lipinski definition) is 3. The summed E-state index contributed by atoms with van der Waals surface area (Å²) in [6, 6.07) is 10.4. The molecule has 1 saturated heterocycles. The Bertz CT molecular complexity index is 730. The molecule has 2 heterocycles. The molecule has 5 heteroatoms. The molecule has 1 amide bonds. The summed E-state index contributed by atoms with van der Waals surface area (Å²) in [4.78, 5) is 15.7. The second kappa shape index (κ2) is 8.65. The van der Waals surface area contributed by atoms with Gasteiger partial charge in [-0.3, -0.25) is 9.69 Å². The zero-order chi connectivity index (χ0) is 17.6. The van der Waals surface area contributed by atoms with E-state index in [2.05, 4.69) is 35.3 Å². The van der Waals surface area contributed by atoms with E-state index in [1.807, 2.05) is 23.6 Å². The molecular weight excluding hydrogens is 352 g/mol. The van der Waals surface area contributed by atoms with E-state index >= 15 is 0 Å². The Balaban J connectivity index is 1.43. The number of nitrogens with zero attached hydrogens (tertiary/aromatic N) is 1. The molecule has 0 unspecified atom stereocenters. The molecule has 25 heavy (non-hydrogen) atoms. The number of rotatable bonds is 5. The van der Waals surface area contributed by atoms with Crippen LogP contribution in [0.1, 0.15) is 28.8 Å². The molecule has 1 N–H and O–H groups in total. The summed E-state index contributed by atoms with van der Waals surface area (Å²) in [5.74, 6) is 0.00366. The Morgan fingerprint density at radius 3 is 2.64 bits per heavy atom. The van der Waals surface area contributed by atoms with Gasteiger partial charge in [0.1, 0.15) is 0 Å². The van der Waals surface area contributed by atoms with Crippen molar-refractivity contribution in [3.05, 3.63) is 62.8 Å². The molecule has 0 radical (unpaired) electrons. The Labute approximate surface area is 158 Å². The summed E-state index contributed by atoms with van der Waals surface area (Å²) >= 11 is 7.59. The Morgan fingerprint density at radius 2 is 2.00 bits per heavy atom. The van der Waals surface area contributed by atoms with Crippen molar-refractivity contribution in [1.82, 2.24) is 10.2 Å². The molecule has 3 nitrogen and oxygen atoms in total. The van der Waals surface area contributed by atoms with Crippen LogP contribution in [0.2, 0.25) is 5.02 Å². The number of benzene rings is 1. The van der Waals surface area contributed by atoms with E-state index in [0.717, 1.165) is 42.4 Å². The van der Waals surface area contributed by atoms with Gasteiger partial charge in [-0.25, -0.2) is 0 Å². The fraction of sp³-hybridized carbons (Fsp3) is 0.350. The summed E-state index contributed by atoms with van der Waals surface area (Å²) in [5.41, 5.74) is 2.49. The third-order valence-electron chi connectivity index (χ3n) is 4.54. The minimum absolute atomic E-state index is 0.00366. The number of halogens is 1. The van der Waals surface area contributed by atoms with Crippen molar-refractivity contribution in [2.24, 2.45) is 0 Å². The normalized spacial score (nSPS) is 16.4. The van der Waals surface area contributed by atoms with Crippen LogP contribution in [0, 0.1) is 6.92 Å². The van der Waals surface area contributed by atoms with Crippen LogP contribution in [-0.4, -0.2) is 29.9 Å². The first kappa shape index (κ1) is 18.2. The molecular formula is C20H23ClN2OS. The van der Waals surface area contributed by atoms with Gasteiger partial charge < -0.3 is 5.32 Å². The standard InChI is InChI=1S/C20H23ClN2OS/c1-15-10-13-25-19(15)6-7-20(24)22-18-8-11-23(12-9-18)14-16-2-4-17(21)5-3-16/h2-7,10,13,18H,8-9,11-12,14H2,1H3,(H,22,24)/b7-6+. The van der Waals surface area contributed by atoms with Gasteiger partial charge in [-0.2, -0.15) is 0 Å². The van der Waals surface area contributed by atoms with E-state index in [0.29, 0.717) is 0 Å². The molecule has 1 aromatic heterocycles. The SMILES string of the molecule is Cc1ccsc1/C=C/C(=O)NC1CCN(Cc2ccc(Cl)cc2)CC1. The van der Waals surface area contributed by atoms with E-state index in [1.165, 1.54) is 11.1 Å². The topological polar surface area (TPSA) is 32.3 Å². The highest BCUT2D eigenvalue weighted by molar-refractivity contribution is 7.11. The Hall–Kier alpha value is -1.62. The van der Waals surface area contributed by atoms with E-state index in [1.54, 1.807) is 17.4 Å². The molecule has 2 aromatic rings. The van der Waals surface area contributed by atoms with Crippen LogP contribution in [0.3, 0.4) is 0 Å². The molecule has 0 atom stereocenters. The number of carbonyl (C=O) groups excluding carboxylic acids is 1. The third kappa shape index (κ3) is 5.43. The maximum absolute atomic E-state index is 12.1. The van der Waals surface area contributed by atoms with E-state index in [4.69, 9.17) is 11.6 Å². The molecule has 0 aliphatic carbocycles. The van der Waals surface area contributed by atoms with Crippen LogP contribution < -0.4 is 5.32 Å². The Morgan fingerprint density at radius 1 is 1.28 bits per heavy atom. The predicted molar refractivity (Wildman–Crippen MR) is 106 cm³/mol. The smallest absolute Gasteiger partial charge is 0.244 e. The van der Waals surface area contributed by atoms with E-state index < -0.39 is 0 Å². The third-order valence-corrected chi connectivity index (χ3v) is 5.78. The van der Waals surface area contributed by atoms with Crippen molar-refractivity contribution < 1.29 is 4.79 Å². The number of nitrogens with one attached hydrogen (secondary N) is 1. The number of carbonyl (C=O) groups is 1. The quantitative estimate of drug-likeness (QED) is 0.781. The summed E-state index contributed by atoms with van der Waals surface area (Å²) < 4.78 is 0. The van der Waals surface area contributed by atoms with Crippen LogP contribution in [0.25, 0.3) is 6.08 Å². The molecule has 132 valence electrons. The fourth-order valence-electron chi connectivity index (χ4n) is 3.04. The lowest BCUT2D eigenvalue weighted by Crippen LogP contribution is -2.43. The van der Waals surface area contributed by atoms with Crippen molar-refractivity contribution in [3.63, 3.8) is 0 Å². The largest absolute Gasteiger partial charge is 0.350 e. The van der Waals surface area contributed by atoms with Gasteiger partial charge in [0, 0.05) is 41.7 Å². The average Bonchev–Trinajstić information content (AvgIpc) is 3.02. The summed E-state index contributed by atoms with van der Waals surface area (Å²) in [7, 11) is 0. The minimum Gasteiger partial charge on any atom is -0.350 e. The van der Waals surface area contributed by atoms with Gasteiger partial charge in [-0.1, -0.05) is 23.7 Å². The molecule has 3 rings (SSSR count).